The number of hydrogen-bond donors (Lipinski definition) is 0. The summed E-state index contributed by atoms with van der Waals surface area (Å²) in [6.07, 6.45) is -7.97. The van der Waals surface area contributed by atoms with Gasteiger partial charge in [-0.2, -0.15) is 22.6 Å². The van der Waals surface area contributed by atoms with Gasteiger partial charge in [0.25, 0.3) is 0 Å². The Hall–Kier alpha value is -3.34. The van der Waals surface area contributed by atoms with Crippen LogP contribution in [0.2, 0.25) is 0 Å². The van der Waals surface area contributed by atoms with Crippen LogP contribution in [0.5, 0.6) is 11.5 Å². The molecule has 2 heterocycles. The molecule has 1 aromatic heterocycles. The van der Waals surface area contributed by atoms with Crippen LogP contribution < -0.4 is 14.3 Å². The first kappa shape index (κ1) is 25.7. The van der Waals surface area contributed by atoms with E-state index in [0.29, 0.717) is 6.54 Å². The van der Waals surface area contributed by atoms with E-state index in [1.165, 1.54) is 32.4 Å². The Kier molecular flexibility index (Phi) is 6.40. The van der Waals surface area contributed by atoms with E-state index in [1.54, 1.807) is 20.2 Å². The lowest BCUT2D eigenvalue weighted by Crippen LogP contribution is -2.52. The van der Waals surface area contributed by atoms with Crippen molar-refractivity contribution in [3.05, 3.63) is 69.5 Å². The Morgan fingerprint density at radius 3 is 2.25 bits per heavy atom. The third-order valence-corrected chi connectivity index (χ3v) is 6.45. The van der Waals surface area contributed by atoms with Crippen molar-refractivity contribution in [2.24, 2.45) is 4.99 Å². The third kappa shape index (κ3) is 5.11. The highest BCUT2D eigenvalue weighted by Crippen LogP contribution is 2.47. The third-order valence-electron chi connectivity index (χ3n) is 5.55. The number of amides is 2. The number of carbonyl (C=O) groups is 1. The summed E-state index contributed by atoms with van der Waals surface area (Å²) in [6.45, 7) is 8.49. The van der Waals surface area contributed by atoms with Crippen molar-refractivity contribution in [1.82, 2.24) is 9.47 Å². The van der Waals surface area contributed by atoms with E-state index in [0.717, 1.165) is 22.6 Å². The van der Waals surface area contributed by atoms with Crippen molar-refractivity contribution in [3.8, 4) is 17.2 Å². The molecule has 0 aliphatic carbocycles. The van der Waals surface area contributed by atoms with Gasteiger partial charge in [-0.25, -0.2) is 4.79 Å². The fourth-order valence-electron chi connectivity index (χ4n) is 3.54. The monoisotopic (exact) mass is 523 g/mol. The first-order valence-corrected chi connectivity index (χ1v) is 11.8. The van der Waals surface area contributed by atoms with E-state index in [9.17, 15) is 22.4 Å². The highest BCUT2D eigenvalue weighted by molar-refractivity contribution is 7.09. The fraction of sp³-hybridized carbons (Fsp3) is 0.360. The highest BCUT2D eigenvalue weighted by Gasteiger charge is 2.65. The molecule has 4 rings (SSSR count). The van der Waals surface area contributed by atoms with Gasteiger partial charge in [-0.15, -0.1) is 11.3 Å². The quantitative estimate of drug-likeness (QED) is 0.381. The largest absolute Gasteiger partial charge is 0.507 e. The maximum Gasteiger partial charge on any atom is 0.507 e. The van der Waals surface area contributed by atoms with Crippen molar-refractivity contribution >= 4 is 17.4 Å². The number of nitrogens with zero attached hydrogens (tertiary/aromatic N) is 3. The molecule has 3 aromatic rings. The van der Waals surface area contributed by atoms with Crippen LogP contribution in [0.15, 0.2) is 53.7 Å². The van der Waals surface area contributed by atoms with Gasteiger partial charge in [0, 0.05) is 30.7 Å². The molecule has 11 heteroatoms. The normalized spacial score (nSPS) is 16.6. The van der Waals surface area contributed by atoms with Crippen LogP contribution >= 0.6 is 11.3 Å². The van der Waals surface area contributed by atoms with E-state index in [2.05, 4.69) is 35.2 Å². The zero-order valence-corrected chi connectivity index (χ0v) is 21.1. The number of hydrogen-bond acceptors (Lipinski definition) is 4. The van der Waals surface area contributed by atoms with Crippen molar-refractivity contribution < 1.29 is 31.8 Å². The summed E-state index contributed by atoms with van der Waals surface area (Å²) in [5, 5.41) is 0. The fourth-order valence-corrected chi connectivity index (χ4v) is 4.37. The van der Waals surface area contributed by atoms with E-state index in [-0.39, 0.29) is 15.9 Å². The summed E-state index contributed by atoms with van der Waals surface area (Å²) in [4.78, 5) is 19.6. The average Bonchev–Trinajstić information content (AvgIpc) is 3.13. The van der Waals surface area contributed by atoms with Gasteiger partial charge in [-0.05, 0) is 35.6 Å². The molecule has 6 nitrogen and oxygen atoms in total. The molecule has 0 N–H and O–H groups in total. The summed E-state index contributed by atoms with van der Waals surface area (Å²) >= 11 is 1.21. The summed E-state index contributed by atoms with van der Waals surface area (Å²) in [5.41, 5.74) is 2.43. The lowest BCUT2D eigenvalue weighted by Gasteiger charge is -2.31. The maximum absolute atomic E-state index is 13.6. The Morgan fingerprint density at radius 1 is 1.03 bits per heavy atom. The van der Waals surface area contributed by atoms with Crippen LogP contribution in [-0.4, -0.2) is 34.8 Å². The van der Waals surface area contributed by atoms with Crippen molar-refractivity contribution in [2.75, 3.05) is 7.05 Å². The van der Waals surface area contributed by atoms with Crippen LogP contribution in [0, 0.1) is 6.92 Å². The van der Waals surface area contributed by atoms with Crippen LogP contribution in [0.3, 0.4) is 0 Å². The first-order valence-electron chi connectivity index (χ1n) is 11.0. The maximum atomic E-state index is 13.6. The standard InChI is InChI=1S/C25H25F4N3O3S/c1-15-13-32(18-10-11-19-20(12-18)35-25(28,29)24(26,27)34-19)22(36-15)30-21(33)31(5)14-16-6-8-17(9-7-16)23(2,3)4/h6-13H,14H2,1-5H3/b30-22+. The molecule has 0 spiro atoms. The number of aryl methyl sites for hydroxylation is 1. The van der Waals surface area contributed by atoms with Gasteiger partial charge in [0.15, 0.2) is 16.3 Å². The molecule has 36 heavy (non-hydrogen) atoms. The van der Waals surface area contributed by atoms with Gasteiger partial charge < -0.3 is 14.4 Å². The molecule has 0 radical (unpaired) electrons. The molecule has 0 bridgehead atoms. The van der Waals surface area contributed by atoms with Gasteiger partial charge in [0.05, 0.1) is 5.69 Å². The lowest BCUT2D eigenvalue weighted by molar-refractivity contribution is -0.391. The number of carbonyl (C=O) groups excluding carboxylic acids is 1. The summed E-state index contributed by atoms with van der Waals surface area (Å²) in [5.74, 6) is -1.07. The zero-order valence-electron chi connectivity index (χ0n) is 20.3. The van der Waals surface area contributed by atoms with E-state index in [4.69, 9.17) is 0 Å². The van der Waals surface area contributed by atoms with Crippen molar-refractivity contribution in [2.45, 2.75) is 51.9 Å². The van der Waals surface area contributed by atoms with Gasteiger partial charge in [-0.1, -0.05) is 45.0 Å². The minimum atomic E-state index is -4.83. The van der Waals surface area contributed by atoms with Crippen LogP contribution in [0.25, 0.3) is 5.69 Å². The second-order valence-electron chi connectivity index (χ2n) is 9.56. The van der Waals surface area contributed by atoms with Crippen molar-refractivity contribution in [3.63, 3.8) is 0 Å². The minimum Gasteiger partial charge on any atom is -0.421 e. The number of benzene rings is 2. The average molecular weight is 524 g/mol. The Morgan fingerprint density at radius 2 is 1.64 bits per heavy atom. The molecule has 1 aliphatic rings. The number of rotatable bonds is 3. The Balaban J connectivity index is 1.59. The first-order chi connectivity index (χ1) is 16.7. The summed E-state index contributed by atoms with van der Waals surface area (Å²) in [6, 6.07) is 11.1. The molecule has 2 amide bonds. The number of ether oxygens (including phenoxy) is 2. The molecule has 1 aliphatic heterocycles. The van der Waals surface area contributed by atoms with Gasteiger partial charge in [0.2, 0.25) is 0 Å². The van der Waals surface area contributed by atoms with E-state index < -0.39 is 29.7 Å². The molecule has 0 fully saturated rings. The van der Waals surface area contributed by atoms with Gasteiger partial charge >= 0.3 is 18.2 Å². The zero-order chi connectivity index (χ0) is 26.5. The second-order valence-corrected chi connectivity index (χ2v) is 10.8. The minimum absolute atomic E-state index is 0.0187. The van der Waals surface area contributed by atoms with Crippen LogP contribution in [-0.2, 0) is 12.0 Å². The number of urea groups is 1. The Bertz CT molecular complexity index is 1360. The molecule has 2 aromatic carbocycles. The molecule has 0 atom stereocenters. The molecule has 0 unspecified atom stereocenters. The second kappa shape index (κ2) is 8.95. The topological polar surface area (TPSA) is 56.1 Å². The molecular weight excluding hydrogens is 498 g/mol. The molecular formula is C25H25F4N3O3S. The van der Waals surface area contributed by atoms with Crippen LogP contribution in [0.1, 0.15) is 36.8 Å². The molecule has 0 saturated heterocycles. The van der Waals surface area contributed by atoms with Crippen LogP contribution in [0.4, 0.5) is 22.4 Å². The number of halogens is 4. The SMILES string of the molecule is Cc1cn(-c2ccc3c(c2)OC(F)(F)C(F)(F)O3)/c(=N\C(=O)N(C)Cc2ccc(C(C)(C)C)cc2)s1. The highest BCUT2D eigenvalue weighted by atomic mass is 32.1. The number of alkyl halides is 4. The van der Waals surface area contributed by atoms with Gasteiger partial charge in [0.1, 0.15) is 0 Å². The lowest BCUT2D eigenvalue weighted by atomic mass is 9.87. The molecule has 192 valence electrons. The smallest absolute Gasteiger partial charge is 0.421 e. The predicted octanol–water partition coefficient (Wildman–Crippen LogP) is 6.25. The van der Waals surface area contributed by atoms with E-state index >= 15 is 0 Å². The predicted molar refractivity (Wildman–Crippen MR) is 127 cm³/mol. The Labute approximate surface area is 209 Å². The van der Waals surface area contributed by atoms with Gasteiger partial charge in [-0.3, -0.25) is 4.57 Å². The van der Waals surface area contributed by atoms with E-state index in [1.807, 2.05) is 24.3 Å². The number of thiazole rings is 1. The molecule has 0 saturated carbocycles. The summed E-state index contributed by atoms with van der Waals surface area (Å²) < 4.78 is 64.0. The number of aromatic nitrogens is 1. The summed E-state index contributed by atoms with van der Waals surface area (Å²) in [7, 11) is 1.63. The van der Waals surface area contributed by atoms with Crippen molar-refractivity contribution in [1.29, 1.82) is 0 Å². The number of fused-ring (bicyclic) bond motifs is 1.